The Hall–Kier alpha value is -0.390. The SMILES string of the molecule is C1CCCC1.CCCC(C)C1(CC)C(=O)N=C([O-])NC1=O.[Na+]. The summed E-state index contributed by atoms with van der Waals surface area (Å²) in [5.74, 6) is -1.20. The van der Waals surface area contributed by atoms with Gasteiger partial charge >= 0.3 is 29.6 Å². The number of nitrogens with zero attached hydrogens (tertiary/aromatic N) is 1. The van der Waals surface area contributed by atoms with Crippen molar-refractivity contribution in [1.82, 2.24) is 5.32 Å². The largest absolute Gasteiger partial charge is 1.00 e. The van der Waals surface area contributed by atoms with Crippen molar-refractivity contribution >= 4 is 17.8 Å². The van der Waals surface area contributed by atoms with E-state index >= 15 is 0 Å². The van der Waals surface area contributed by atoms with E-state index in [2.05, 4.69) is 10.3 Å². The molecule has 1 fully saturated rings. The molecule has 120 valence electrons. The number of amides is 2. The maximum Gasteiger partial charge on any atom is 1.00 e. The van der Waals surface area contributed by atoms with Crippen LogP contribution in [0.4, 0.5) is 0 Å². The fraction of sp³-hybridized carbons (Fsp3) is 0.812. The Morgan fingerprint density at radius 2 is 1.68 bits per heavy atom. The minimum absolute atomic E-state index is 0. The number of hydrogen-bond donors (Lipinski definition) is 1. The van der Waals surface area contributed by atoms with Crippen molar-refractivity contribution in [2.45, 2.75) is 72.1 Å². The van der Waals surface area contributed by atoms with Gasteiger partial charge in [-0.05, 0) is 18.8 Å². The van der Waals surface area contributed by atoms with Gasteiger partial charge in [-0.1, -0.05) is 59.3 Å². The van der Waals surface area contributed by atoms with Crippen LogP contribution in [-0.2, 0) is 9.59 Å². The second-order valence-electron chi connectivity index (χ2n) is 5.96. The van der Waals surface area contributed by atoms with Crippen LogP contribution in [0, 0.1) is 11.3 Å². The molecule has 1 N–H and O–H groups in total. The molecule has 1 heterocycles. The van der Waals surface area contributed by atoms with E-state index in [0.29, 0.717) is 6.42 Å². The topological polar surface area (TPSA) is 81.6 Å². The molecule has 2 aliphatic rings. The minimum Gasteiger partial charge on any atom is -0.846 e. The van der Waals surface area contributed by atoms with Gasteiger partial charge in [0.15, 0.2) is 0 Å². The predicted octanol–water partition coefficient (Wildman–Crippen LogP) is -0.854. The molecule has 0 bridgehead atoms. The van der Waals surface area contributed by atoms with Gasteiger partial charge in [-0.3, -0.25) is 9.59 Å². The summed E-state index contributed by atoms with van der Waals surface area (Å²) in [6.07, 6.45) is 9.52. The molecule has 2 rings (SSSR count). The number of aliphatic imine (C=N–C) groups is 1. The third-order valence-electron chi connectivity index (χ3n) is 4.58. The zero-order chi connectivity index (χ0) is 15.9. The van der Waals surface area contributed by atoms with Crippen LogP contribution in [0.15, 0.2) is 4.99 Å². The predicted molar refractivity (Wildman–Crippen MR) is 80.5 cm³/mol. The van der Waals surface area contributed by atoms with Crippen LogP contribution in [0.1, 0.15) is 72.1 Å². The second-order valence-corrected chi connectivity index (χ2v) is 5.96. The van der Waals surface area contributed by atoms with Gasteiger partial charge in [0.25, 0.3) is 5.91 Å². The molecule has 1 aliphatic heterocycles. The van der Waals surface area contributed by atoms with Gasteiger partial charge in [0.2, 0.25) is 5.91 Å². The molecule has 0 aromatic heterocycles. The first-order chi connectivity index (χ1) is 9.98. The monoisotopic (exact) mass is 318 g/mol. The Balaban J connectivity index is 0.000000622. The zero-order valence-corrected chi connectivity index (χ0v) is 16.4. The quantitative estimate of drug-likeness (QED) is 0.541. The van der Waals surface area contributed by atoms with Crippen molar-refractivity contribution in [3.63, 3.8) is 0 Å². The third-order valence-corrected chi connectivity index (χ3v) is 4.58. The van der Waals surface area contributed by atoms with Crippen LogP contribution in [0.25, 0.3) is 0 Å². The van der Waals surface area contributed by atoms with Gasteiger partial charge in [-0.25, -0.2) is 4.99 Å². The minimum atomic E-state index is -1.15. The molecule has 5 nitrogen and oxygen atoms in total. The summed E-state index contributed by atoms with van der Waals surface area (Å²) in [4.78, 5) is 27.1. The molecule has 22 heavy (non-hydrogen) atoms. The van der Waals surface area contributed by atoms with Gasteiger partial charge in [-0.15, -0.1) is 0 Å². The Bertz CT molecular complexity index is 401. The van der Waals surface area contributed by atoms with E-state index in [-0.39, 0.29) is 35.5 Å². The zero-order valence-electron chi connectivity index (χ0n) is 14.4. The Morgan fingerprint density at radius 3 is 2.05 bits per heavy atom. The molecule has 6 heteroatoms. The normalized spacial score (nSPS) is 25.3. The van der Waals surface area contributed by atoms with Crippen molar-refractivity contribution in [3.05, 3.63) is 0 Å². The summed E-state index contributed by atoms with van der Waals surface area (Å²) in [5.41, 5.74) is -1.15. The van der Waals surface area contributed by atoms with Crippen molar-refractivity contribution in [2.24, 2.45) is 16.3 Å². The van der Waals surface area contributed by atoms with Crippen LogP contribution < -0.4 is 40.0 Å². The molecule has 2 atom stereocenters. The Morgan fingerprint density at radius 1 is 1.18 bits per heavy atom. The number of rotatable bonds is 4. The average Bonchev–Trinajstić information content (AvgIpc) is 2.98. The molecular formula is C16H27N2NaO3. The number of hydrogen-bond acceptors (Lipinski definition) is 3. The molecule has 0 aromatic rings. The van der Waals surface area contributed by atoms with Crippen molar-refractivity contribution in [3.8, 4) is 0 Å². The van der Waals surface area contributed by atoms with Gasteiger partial charge < -0.3 is 10.4 Å². The van der Waals surface area contributed by atoms with Crippen molar-refractivity contribution in [1.29, 1.82) is 0 Å². The van der Waals surface area contributed by atoms with Crippen LogP contribution in [-0.4, -0.2) is 17.8 Å². The Labute approximate surface area is 155 Å². The molecule has 0 aromatic carbocycles. The molecule has 1 saturated carbocycles. The van der Waals surface area contributed by atoms with E-state index in [1.54, 1.807) is 6.92 Å². The first kappa shape index (κ1) is 21.6. The first-order valence-electron chi connectivity index (χ1n) is 8.10. The van der Waals surface area contributed by atoms with Crippen LogP contribution in [0.3, 0.4) is 0 Å². The average molecular weight is 318 g/mol. The maximum absolute atomic E-state index is 11.9. The number of carbonyl (C=O) groups excluding carboxylic acids is 2. The fourth-order valence-corrected chi connectivity index (χ4v) is 3.18. The van der Waals surface area contributed by atoms with Gasteiger partial charge in [0.05, 0.1) is 6.02 Å². The van der Waals surface area contributed by atoms with E-state index in [9.17, 15) is 14.7 Å². The van der Waals surface area contributed by atoms with E-state index in [0.717, 1.165) is 12.8 Å². The van der Waals surface area contributed by atoms with E-state index in [4.69, 9.17) is 0 Å². The molecular weight excluding hydrogens is 291 g/mol. The number of amidine groups is 1. The van der Waals surface area contributed by atoms with Crippen LogP contribution in [0.2, 0.25) is 0 Å². The van der Waals surface area contributed by atoms with Gasteiger partial charge in [-0.2, -0.15) is 0 Å². The molecule has 2 unspecified atom stereocenters. The van der Waals surface area contributed by atoms with Crippen LogP contribution >= 0.6 is 0 Å². The standard InChI is InChI=1S/C11H18N2O3.C5H10.Na/c1-4-6-7(3)11(5-2)8(14)12-10(16)13-9(11)15;1-2-4-5-3-1;/h7H,4-6H2,1-3H3,(H2,12,13,14,15,16);1-5H2;/q;;+1/p-1. The van der Waals surface area contributed by atoms with Gasteiger partial charge in [0, 0.05) is 0 Å². The van der Waals surface area contributed by atoms with E-state index in [1.165, 1.54) is 32.1 Å². The summed E-state index contributed by atoms with van der Waals surface area (Å²) >= 11 is 0. The summed E-state index contributed by atoms with van der Waals surface area (Å²) in [5, 5.41) is 13.1. The first-order valence-corrected chi connectivity index (χ1v) is 8.10. The molecule has 0 radical (unpaired) electrons. The molecule has 0 saturated heterocycles. The smallest absolute Gasteiger partial charge is 0.846 e. The summed E-state index contributed by atoms with van der Waals surface area (Å²) in [7, 11) is 0. The summed E-state index contributed by atoms with van der Waals surface area (Å²) < 4.78 is 0. The third kappa shape index (κ3) is 5.07. The molecule has 2 amide bonds. The fourth-order valence-electron chi connectivity index (χ4n) is 3.18. The maximum atomic E-state index is 11.9. The van der Waals surface area contributed by atoms with E-state index in [1.807, 2.05) is 13.8 Å². The summed E-state index contributed by atoms with van der Waals surface area (Å²) in [6.45, 7) is 5.62. The van der Waals surface area contributed by atoms with Crippen LogP contribution in [0.5, 0.6) is 0 Å². The van der Waals surface area contributed by atoms with E-state index < -0.39 is 23.3 Å². The number of carbonyl (C=O) groups is 2. The Kier molecular flexibility index (Phi) is 10.2. The molecule has 0 spiro atoms. The molecule has 1 aliphatic carbocycles. The van der Waals surface area contributed by atoms with Crippen molar-refractivity contribution in [2.75, 3.05) is 0 Å². The number of nitrogens with one attached hydrogen (secondary N) is 1. The van der Waals surface area contributed by atoms with Crippen molar-refractivity contribution < 1.29 is 44.3 Å². The van der Waals surface area contributed by atoms with Gasteiger partial charge in [0.1, 0.15) is 5.41 Å². The summed E-state index contributed by atoms with van der Waals surface area (Å²) in [6, 6.07) is -0.845. The second kappa shape index (κ2) is 10.4.